The van der Waals surface area contributed by atoms with E-state index in [-0.39, 0.29) is 0 Å². The smallest absolute Gasteiger partial charge is 0.118 e. The van der Waals surface area contributed by atoms with Crippen LogP contribution in [-0.4, -0.2) is 25.4 Å². The first-order valence-electron chi connectivity index (χ1n) is 16.2. The zero-order chi connectivity index (χ0) is 29.2. The Hall–Kier alpha value is -2.78. The van der Waals surface area contributed by atoms with Gasteiger partial charge >= 0.3 is 0 Å². The molecule has 3 aromatic rings. The summed E-state index contributed by atoms with van der Waals surface area (Å²) >= 11 is 0. The number of rotatable bonds is 21. The van der Waals surface area contributed by atoms with Crippen LogP contribution in [0.5, 0.6) is 11.5 Å². The van der Waals surface area contributed by atoms with Crippen molar-refractivity contribution >= 4 is 0 Å². The fourth-order valence-corrected chi connectivity index (χ4v) is 6.18. The molecule has 1 unspecified atom stereocenters. The number of aliphatic hydroxyl groups is 1. The van der Waals surface area contributed by atoms with Gasteiger partial charge in [0.25, 0.3) is 0 Å². The molecule has 3 heteroatoms. The average Bonchev–Trinajstić information content (AvgIpc) is 3.02. The standard InChI is InChI=1S/C38H54O3/c1-4-5-6-7-8-9-10-11-12-13-14-15-19-22-35(39)31-38(32-20-17-16-18-21-32,33-23-27-36(40-2)28-24-33)34-25-29-37(41-3)30-26-34/h16-18,20-21,23-30,35,39H,4-15,19,22,31H2,1-3H3. The Morgan fingerprint density at radius 2 is 0.927 bits per heavy atom. The maximum atomic E-state index is 11.5. The minimum atomic E-state index is -0.490. The van der Waals surface area contributed by atoms with Crippen molar-refractivity contribution in [3.05, 3.63) is 95.6 Å². The second-order valence-corrected chi connectivity index (χ2v) is 11.6. The largest absolute Gasteiger partial charge is 0.497 e. The lowest BCUT2D eigenvalue weighted by molar-refractivity contribution is 0.134. The van der Waals surface area contributed by atoms with Gasteiger partial charge in [0.05, 0.1) is 20.3 Å². The van der Waals surface area contributed by atoms with Crippen LogP contribution in [0.2, 0.25) is 0 Å². The Labute approximate surface area is 250 Å². The third-order valence-corrected chi connectivity index (χ3v) is 8.61. The number of benzene rings is 3. The van der Waals surface area contributed by atoms with Crippen LogP contribution in [0.1, 0.15) is 120 Å². The zero-order valence-corrected chi connectivity index (χ0v) is 26.0. The highest BCUT2D eigenvalue weighted by Crippen LogP contribution is 2.44. The minimum Gasteiger partial charge on any atom is -0.497 e. The summed E-state index contributed by atoms with van der Waals surface area (Å²) in [7, 11) is 3.39. The van der Waals surface area contributed by atoms with E-state index in [2.05, 4.69) is 61.5 Å². The first-order chi connectivity index (χ1) is 20.1. The van der Waals surface area contributed by atoms with Crippen molar-refractivity contribution in [1.29, 1.82) is 0 Å². The van der Waals surface area contributed by atoms with Crippen LogP contribution in [0, 0.1) is 0 Å². The molecule has 41 heavy (non-hydrogen) atoms. The van der Waals surface area contributed by atoms with Crippen molar-refractivity contribution < 1.29 is 14.6 Å². The van der Waals surface area contributed by atoms with E-state index < -0.39 is 11.5 Å². The molecule has 3 nitrogen and oxygen atoms in total. The number of unbranched alkanes of at least 4 members (excludes halogenated alkanes) is 12. The highest BCUT2D eigenvalue weighted by molar-refractivity contribution is 5.52. The molecule has 224 valence electrons. The number of ether oxygens (including phenoxy) is 2. The van der Waals surface area contributed by atoms with Gasteiger partial charge in [-0.3, -0.25) is 0 Å². The summed E-state index contributed by atoms with van der Waals surface area (Å²) in [5.41, 5.74) is 2.99. The first-order valence-corrected chi connectivity index (χ1v) is 16.2. The summed E-state index contributed by atoms with van der Waals surface area (Å²) in [6, 6.07) is 27.3. The van der Waals surface area contributed by atoms with Crippen LogP contribution < -0.4 is 9.47 Å². The number of hydrogen-bond acceptors (Lipinski definition) is 3. The monoisotopic (exact) mass is 558 g/mol. The van der Waals surface area contributed by atoms with Gasteiger partial charge in [-0.25, -0.2) is 0 Å². The first kappa shape index (κ1) is 32.7. The molecule has 3 aromatic carbocycles. The Balaban J connectivity index is 1.61. The molecule has 0 fully saturated rings. The van der Waals surface area contributed by atoms with Gasteiger partial charge in [-0.15, -0.1) is 0 Å². The normalized spacial score (nSPS) is 12.3. The molecule has 0 aromatic heterocycles. The predicted octanol–water partition coefficient (Wildman–Crippen LogP) is 10.3. The van der Waals surface area contributed by atoms with E-state index in [1.807, 2.05) is 24.3 Å². The highest BCUT2D eigenvalue weighted by Gasteiger charge is 2.38. The SMILES string of the molecule is CCCCCCCCCCCCCCCC(O)CC(c1ccccc1)(c1ccc(OC)cc1)c1ccc(OC)cc1. The fraction of sp³-hybridized carbons (Fsp3) is 0.526. The van der Waals surface area contributed by atoms with Crippen molar-refractivity contribution in [3.63, 3.8) is 0 Å². The molecule has 0 spiro atoms. The summed E-state index contributed by atoms with van der Waals surface area (Å²) in [5.74, 6) is 1.66. The molecule has 0 aliphatic heterocycles. The van der Waals surface area contributed by atoms with E-state index >= 15 is 0 Å². The van der Waals surface area contributed by atoms with Crippen LogP contribution in [0.25, 0.3) is 0 Å². The van der Waals surface area contributed by atoms with Gasteiger partial charge in [0.2, 0.25) is 0 Å². The molecule has 1 N–H and O–H groups in total. The lowest BCUT2D eigenvalue weighted by Gasteiger charge is -2.38. The van der Waals surface area contributed by atoms with Gasteiger partial charge in [0, 0.05) is 5.41 Å². The van der Waals surface area contributed by atoms with E-state index in [1.165, 1.54) is 82.6 Å². The maximum Gasteiger partial charge on any atom is 0.118 e. The Morgan fingerprint density at radius 3 is 1.34 bits per heavy atom. The van der Waals surface area contributed by atoms with Gasteiger partial charge in [-0.2, -0.15) is 0 Å². The molecule has 0 radical (unpaired) electrons. The Morgan fingerprint density at radius 1 is 0.537 bits per heavy atom. The van der Waals surface area contributed by atoms with Crippen molar-refractivity contribution in [2.45, 2.75) is 115 Å². The summed E-state index contributed by atoms with van der Waals surface area (Å²) < 4.78 is 10.9. The van der Waals surface area contributed by atoms with E-state index in [0.29, 0.717) is 6.42 Å². The van der Waals surface area contributed by atoms with E-state index in [1.54, 1.807) is 14.2 Å². The van der Waals surface area contributed by atoms with Crippen molar-refractivity contribution in [1.82, 2.24) is 0 Å². The lowest BCUT2D eigenvalue weighted by Crippen LogP contribution is -2.34. The third-order valence-electron chi connectivity index (χ3n) is 8.61. The molecule has 0 amide bonds. The topological polar surface area (TPSA) is 38.7 Å². The summed E-state index contributed by atoms with van der Waals surface area (Å²) in [6.07, 6.45) is 18.4. The second-order valence-electron chi connectivity index (χ2n) is 11.6. The quantitative estimate of drug-likeness (QED) is 0.104. The minimum absolute atomic E-state index is 0.410. The van der Waals surface area contributed by atoms with Crippen LogP contribution in [-0.2, 0) is 5.41 Å². The molecule has 0 saturated heterocycles. The van der Waals surface area contributed by atoms with E-state index in [0.717, 1.165) is 35.5 Å². The molecule has 0 bridgehead atoms. The summed E-state index contributed by atoms with van der Waals surface area (Å²) in [6.45, 7) is 2.28. The molecule has 0 aliphatic rings. The van der Waals surface area contributed by atoms with Crippen molar-refractivity contribution in [2.75, 3.05) is 14.2 Å². The van der Waals surface area contributed by atoms with Gasteiger partial charge in [0.1, 0.15) is 11.5 Å². The van der Waals surface area contributed by atoms with Crippen LogP contribution in [0.3, 0.4) is 0 Å². The molecule has 0 saturated carbocycles. The van der Waals surface area contributed by atoms with Crippen LogP contribution >= 0.6 is 0 Å². The molecular weight excluding hydrogens is 504 g/mol. The molecule has 3 rings (SSSR count). The zero-order valence-electron chi connectivity index (χ0n) is 26.0. The summed E-state index contributed by atoms with van der Waals surface area (Å²) in [5, 5.41) is 11.5. The van der Waals surface area contributed by atoms with Gasteiger partial charge in [-0.05, 0) is 53.8 Å². The third kappa shape index (κ3) is 10.2. The Bertz CT molecular complexity index is 1010. The molecule has 1 atom stereocenters. The predicted molar refractivity (Wildman–Crippen MR) is 173 cm³/mol. The fourth-order valence-electron chi connectivity index (χ4n) is 6.18. The van der Waals surface area contributed by atoms with Gasteiger partial charge in [-0.1, -0.05) is 145 Å². The van der Waals surface area contributed by atoms with Crippen molar-refractivity contribution in [2.24, 2.45) is 0 Å². The summed E-state index contributed by atoms with van der Waals surface area (Å²) in [4.78, 5) is 0. The Kier molecular flexibility index (Phi) is 14.9. The second kappa shape index (κ2) is 18.6. The van der Waals surface area contributed by atoms with Crippen LogP contribution in [0.4, 0.5) is 0 Å². The molecule has 0 heterocycles. The number of aliphatic hydroxyl groups excluding tert-OH is 1. The maximum absolute atomic E-state index is 11.5. The van der Waals surface area contributed by atoms with Crippen LogP contribution in [0.15, 0.2) is 78.9 Å². The van der Waals surface area contributed by atoms with Gasteiger partial charge < -0.3 is 14.6 Å². The lowest BCUT2D eigenvalue weighted by atomic mass is 9.66. The van der Waals surface area contributed by atoms with E-state index in [4.69, 9.17) is 9.47 Å². The average molecular weight is 559 g/mol. The number of hydrogen-bond donors (Lipinski definition) is 1. The van der Waals surface area contributed by atoms with E-state index in [9.17, 15) is 5.11 Å². The highest BCUT2D eigenvalue weighted by atomic mass is 16.5. The molecule has 0 aliphatic carbocycles. The molecular formula is C38H54O3. The van der Waals surface area contributed by atoms with Gasteiger partial charge in [0.15, 0.2) is 0 Å². The number of methoxy groups -OCH3 is 2. The van der Waals surface area contributed by atoms with Crippen molar-refractivity contribution in [3.8, 4) is 11.5 Å².